The lowest BCUT2D eigenvalue weighted by Gasteiger charge is -2.11. The molecule has 0 aliphatic heterocycles. The summed E-state index contributed by atoms with van der Waals surface area (Å²) in [5.41, 5.74) is 1.32. The van der Waals surface area contributed by atoms with E-state index in [1.807, 2.05) is 12.1 Å². The van der Waals surface area contributed by atoms with Gasteiger partial charge in [-0.05, 0) is 41.3 Å². The molecule has 3 aromatic rings. The maximum Gasteiger partial charge on any atom is 0.103 e. The Bertz CT molecular complexity index is 667. The summed E-state index contributed by atoms with van der Waals surface area (Å²) in [6.07, 6.45) is 4.43. The molecule has 0 fully saturated rings. The van der Waals surface area contributed by atoms with E-state index in [1.54, 1.807) is 6.26 Å². The van der Waals surface area contributed by atoms with E-state index in [0.717, 1.165) is 25.0 Å². The molecule has 1 nitrogen and oxygen atoms in total. The molecule has 0 spiro atoms. The van der Waals surface area contributed by atoms with Gasteiger partial charge in [-0.2, -0.15) is 0 Å². The minimum absolute atomic E-state index is 0.130. The number of furan rings is 1. The van der Waals surface area contributed by atoms with Crippen molar-refractivity contribution in [3.05, 3.63) is 72.2 Å². The number of rotatable bonds is 5. The van der Waals surface area contributed by atoms with E-state index >= 15 is 0 Å². The zero-order valence-electron chi connectivity index (χ0n) is 11.3. The van der Waals surface area contributed by atoms with Gasteiger partial charge in [0.1, 0.15) is 5.76 Å². The van der Waals surface area contributed by atoms with Crippen LogP contribution in [0.5, 0.6) is 0 Å². The molecule has 1 aromatic heterocycles. The predicted molar refractivity (Wildman–Crippen MR) is 84.3 cm³/mol. The summed E-state index contributed by atoms with van der Waals surface area (Å²) in [5, 5.41) is 2.71. The maximum atomic E-state index is 6.49. The van der Waals surface area contributed by atoms with Crippen LogP contribution in [0.25, 0.3) is 10.8 Å². The predicted octanol–water partition coefficient (Wildman–Crippen LogP) is 5.22. The first-order chi connectivity index (χ1) is 9.83. The third kappa shape index (κ3) is 3.05. The van der Waals surface area contributed by atoms with Crippen molar-refractivity contribution in [3.8, 4) is 0 Å². The number of hydrogen-bond acceptors (Lipinski definition) is 1. The number of benzene rings is 2. The average molecular weight is 285 g/mol. The van der Waals surface area contributed by atoms with Crippen molar-refractivity contribution in [1.82, 2.24) is 0 Å². The summed E-state index contributed by atoms with van der Waals surface area (Å²) in [6, 6.07) is 18.8. The summed E-state index contributed by atoms with van der Waals surface area (Å²) in [4.78, 5) is 0. The lowest BCUT2D eigenvalue weighted by Crippen LogP contribution is -2.05. The normalized spacial score (nSPS) is 12.7. The van der Waals surface area contributed by atoms with Crippen molar-refractivity contribution in [2.75, 3.05) is 0 Å². The van der Waals surface area contributed by atoms with Crippen LogP contribution in [0.3, 0.4) is 0 Å². The second-order valence-electron chi connectivity index (χ2n) is 5.06. The molecule has 2 heteroatoms. The molecule has 1 unspecified atom stereocenters. The number of fused-ring (bicyclic) bond motifs is 1. The molecule has 0 amide bonds. The van der Waals surface area contributed by atoms with Gasteiger partial charge in [-0.25, -0.2) is 0 Å². The molecule has 0 aliphatic carbocycles. The van der Waals surface area contributed by atoms with Crippen molar-refractivity contribution in [2.24, 2.45) is 0 Å². The molecule has 1 atom stereocenters. The lowest BCUT2D eigenvalue weighted by atomic mass is 9.99. The summed E-state index contributed by atoms with van der Waals surface area (Å²) >= 11 is 6.49. The van der Waals surface area contributed by atoms with Crippen LogP contribution in [0.15, 0.2) is 65.3 Å². The van der Waals surface area contributed by atoms with Crippen LogP contribution >= 0.6 is 11.6 Å². The summed E-state index contributed by atoms with van der Waals surface area (Å²) in [6.45, 7) is 0. The molecule has 102 valence electrons. The van der Waals surface area contributed by atoms with Gasteiger partial charge >= 0.3 is 0 Å². The van der Waals surface area contributed by atoms with E-state index < -0.39 is 0 Å². The van der Waals surface area contributed by atoms with Crippen molar-refractivity contribution in [3.63, 3.8) is 0 Å². The molecule has 0 N–H and O–H groups in total. The van der Waals surface area contributed by atoms with Crippen LogP contribution in [0.1, 0.15) is 17.7 Å². The van der Waals surface area contributed by atoms with Crippen LogP contribution in [-0.4, -0.2) is 5.38 Å². The second-order valence-corrected chi connectivity index (χ2v) is 5.67. The first-order valence-corrected chi connectivity index (χ1v) is 7.39. The average Bonchev–Trinajstić information content (AvgIpc) is 2.99. The van der Waals surface area contributed by atoms with Gasteiger partial charge < -0.3 is 4.42 Å². The SMILES string of the molecule is ClC(CCc1ccco1)Cc1cccc2ccccc12. The maximum absolute atomic E-state index is 6.49. The molecule has 0 aliphatic rings. The summed E-state index contributed by atoms with van der Waals surface area (Å²) in [7, 11) is 0. The first kappa shape index (κ1) is 13.3. The Morgan fingerprint density at radius 1 is 0.950 bits per heavy atom. The van der Waals surface area contributed by atoms with E-state index in [4.69, 9.17) is 16.0 Å². The van der Waals surface area contributed by atoms with Gasteiger partial charge in [-0.3, -0.25) is 0 Å². The molecular weight excluding hydrogens is 268 g/mol. The standard InChI is InChI=1S/C18H17ClO/c19-16(10-11-17-8-4-12-20-17)13-15-7-3-6-14-5-1-2-9-18(14)15/h1-9,12,16H,10-11,13H2. The van der Waals surface area contributed by atoms with Crippen LogP contribution in [-0.2, 0) is 12.8 Å². The third-order valence-electron chi connectivity index (χ3n) is 3.61. The number of hydrogen-bond donors (Lipinski definition) is 0. The Morgan fingerprint density at radius 2 is 1.80 bits per heavy atom. The van der Waals surface area contributed by atoms with Gasteiger partial charge in [0.2, 0.25) is 0 Å². The summed E-state index contributed by atoms with van der Waals surface area (Å²) < 4.78 is 5.35. The summed E-state index contributed by atoms with van der Waals surface area (Å²) in [5.74, 6) is 1.01. The number of halogens is 1. The van der Waals surface area contributed by atoms with Crippen LogP contribution < -0.4 is 0 Å². The Labute approximate surface area is 124 Å². The second kappa shape index (κ2) is 6.15. The Hall–Kier alpha value is -1.73. The van der Waals surface area contributed by atoms with Gasteiger partial charge in [0.15, 0.2) is 0 Å². The highest BCUT2D eigenvalue weighted by Crippen LogP contribution is 2.22. The van der Waals surface area contributed by atoms with E-state index in [9.17, 15) is 0 Å². The molecule has 0 radical (unpaired) electrons. The van der Waals surface area contributed by atoms with Crippen molar-refractivity contribution < 1.29 is 4.42 Å². The fourth-order valence-electron chi connectivity index (χ4n) is 2.56. The molecular formula is C18H17ClO. The van der Waals surface area contributed by atoms with E-state index in [0.29, 0.717) is 0 Å². The fourth-order valence-corrected chi connectivity index (χ4v) is 2.84. The largest absolute Gasteiger partial charge is 0.469 e. The van der Waals surface area contributed by atoms with Crippen LogP contribution in [0.4, 0.5) is 0 Å². The monoisotopic (exact) mass is 284 g/mol. The molecule has 0 saturated heterocycles. The van der Waals surface area contributed by atoms with Gasteiger partial charge in [0.05, 0.1) is 6.26 Å². The Morgan fingerprint density at radius 3 is 2.65 bits per heavy atom. The molecule has 3 rings (SSSR count). The van der Waals surface area contributed by atoms with Crippen LogP contribution in [0.2, 0.25) is 0 Å². The van der Waals surface area contributed by atoms with Gasteiger partial charge in [-0.1, -0.05) is 42.5 Å². The zero-order chi connectivity index (χ0) is 13.8. The highest BCUT2D eigenvalue weighted by Gasteiger charge is 2.09. The topological polar surface area (TPSA) is 13.1 Å². The quantitative estimate of drug-likeness (QED) is 0.586. The van der Waals surface area contributed by atoms with E-state index in [-0.39, 0.29) is 5.38 Å². The molecule has 1 heterocycles. The molecule has 0 bridgehead atoms. The van der Waals surface area contributed by atoms with Crippen LogP contribution in [0, 0.1) is 0 Å². The highest BCUT2D eigenvalue weighted by molar-refractivity contribution is 6.20. The van der Waals surface area contributed by atoms with Crippen molar-refractivity contribution in [2.45, 2.75) is 24.6 Å². The minimum Gasteiger partial charge on any atom is -0.469 e. The molecule has 0 saturated carbocycles. The minimum atomic E-state index is 0.130. The van der Waals surface area contributed by atoms with Crippen molar-refractivity contribution >= 4 is 22.4 Å². The highest BCUT2D eigenvalue weighted by atomic mass is 35.5. The third-order valence-corrected chi connectivity index (χ3v) is 3.98. The fraction of sp³-hybridized carbons (Fsp3) is 0.222. The molecule has 20 heavy (non-hydrogen) atoms. The Kier molecular flexibility index (Phi) is 4.08. The first-order valence-electron chi connectivity index (χ1n) is 6.96. The Balaban J connectivity index is 1.69. The van der Waals surface area contributed by atoms with E-state index in [2.05, 4.69) is 42.5 Å². The van der Waals surface area contributed by atoms with Crippen molar-refractivity contribution in [1.29, 1.82) is 0 Å². The van der Waals surface area contributed by atoms with Gasteiger partial charge in [-0.15, -0.1) is 11.6 Å². The lowest BCUT2D eigenvalue weighted by molar-refractivity contribution is 0.499. The number of aryl methyl sites for hydroxylation is 1. The van der Waals surface area contributed by atoms with Gasteiger partial charge in [0.25, 0.3) is 0 Å². The smallest absolute Gasteiger partial charge is 0.103 e. The van der Waals surface area contributed by atoms with E-state index in [1.165, 1.54) is 16.3 Å². The number of alkyl halides is 1. The zero-order valence-corrected chi connectivity index (χ0v) is 12.0. The molecule has 2 aromatic carbocycles. The van der Waals surface area contributed by atoms with Gasteiger partial charge in [0, 0.05) is 11.8 Å².